The Morgan fingerprint density at radius 1 is 1.05 bits per heavy atom. The summed E-state index contributed by atoms with van der Waals surface area (Å²) in [5.74, 6) is 1.19. The van der Waals surface area contributed by atoms with Crippen molar-refractivity contribution >= 4 is 12.6 Å². The first-order chi connectivity index (χ1) is 9.28. The minimum absolute atomic E-state index is 0.130. The first-order valence-corrected chi connectivity index (χ1v) is 7.37. The van der Waals surface area contributed by atoms with Crippen LogP contribution in [-0.2, 0) is 12.8 Å². The van der Waals surface area contributed by atoms with Crippen LogP contribution >= 0.6 is 12.6 Å². The van der Waals surface area contributed by atoms with Crippen molar-refractivity contribution < 1.29 is 4.39 Å². The number of thiol groups is 1. The molecule has 98 valence electrons. The zero-order valence-corrected chi connectivity index (χ0v) is 11.7. The molecule has 0 saturated heterocycles. The summed E-state index contributed by atoms with van der Waals surface area (Å²) in [7, 11) is 0. The summed E-state index contributed by atoms with van der Waals surface area (Å²) in [4.78, 5) is 0. The molecule has 0 nitrogen and oxygen atoms in total. The first-order valence-electron chi connectivity index (χ1n) is 6.74. The van der Waals surface area contributed by atoms with Gasteiger partial charge < -0.3 is 0 Å². The van der Waals surface area contributed by atoms with Gasteiger partial charge in [0, 0.05) is 0 Å². The largest absolute Gasteiger partial charge is 0.207 e. The lowest BCUT2D eigenvalue weighted by molar-refractivity contribution is 0.618. The van der Waals surface area contributed by atoms with Gasteiger partial charge in [-0.15, -0.1) is 0 Å². The second-order valence-electron chi connectivity index (χ2n) is 5.20. The number of hydrogen-bond donors (Lipinski definition) is 1. The van der Waals surface area contributed by atoms with Crippen molar-refractivity contribution in [3.8, 4) is 0 Å². The molecule has 0 radical (unpaired) electrons. The Bertz CT molecular complexity index is 592. The molecule has 1 atom stereocenters. The van der Waals surface area contributed by atoms with Gasteiger partial charge in [0.05, 0.1) is 0 Å². The summed E-state index contributed by atoms with van der Waals surface area (Å²) < 4.78 is 13.5. The second kappa shape index (κ2) is 5.38. The zero-order chi connectivity index (χ0) is 13.2. The molecular formula is C17H17FS. The molecule has 2 aromatic rings. The molecular weight excluding hydrogens is 255 g/mol. The summed E-state index contributed by atoms with van der Waals surface area (Å²) in [6.07, 6.45) is 2.87. The highest BCUT2D eigenvalue weighted by Crippen LogP contribution is 2.34. The fourth-order valence-electron chi connectivity index (χ4n) is 3.04. The van der Waals surface area contributed by atoms with Crippen molar-refractivity contribution in [2.24, 2.45) is 0 Å². The van der Waals surface area contributed by atoms with Crippen molar-refractivity contribution in [3.63, 3.8) is 0 Å². The maximum atomic E-state index is 13.5. The van der Waals surface area contributed by atoms with Gasteiger partial charge in [-0.3, -0.25) is 0 Å². The highest BCUT2D eigenvalue weighted by molar-refractivity contribution is 7.80. The van der Waals surface area contributed by atoms with E-state index in [9.17, 15) is 4.39 Å². The molecule has 0 bridgehead atoms. The highest BCUT2D eigenvalue weighted by Gasteiger charge is 2.21. The van der Waals surface area contributed by atoms with Gasteiger partial charge in [-0.2, -0.15) is 12.6 Å². The van der Waals surface area contributed by atoms with E-state index in [1.54, 1.807) is 12.1 Å². The summed E-state index contributed by atoms with van der Waals surface area (Å²) in [5, 5.41) is 0. The van der Waals surface area contributed by atoms with Crippen molar-refractivity contribution in [2.45, 2.75) is 25.2 Å². The van der Waals surface area contributed by atoms with Crippen LogP contribution in [0.5, 0.6) is 0 Å². The Morgan fingerprint density at radius 2 is 1.89 bits per heavy atom. The van der Waals surface area contributed by atoms with Crippen LogP contribution in [0.4, 0.5) is 4.39 Å². The minimum Gasteiger partial charge on any atom is -0.207 e. The lowest BCUT2D eigenvalue weighted by Gasteiger charge is -2.16. The molecule has 0 fully saturated rings. The van der Waals surface area contributed by atoms with Crippen LogP contribution in [-0.4, -0.2) is 5.75 Å². The van der Waals surface area contributed by atoms with Gasteiger partial charge in [-0.25, -0.2) is 4.39 Å². The topological polar surface area (TPSA) is 0 Å². The van der Waals surface area contributed by atoms with Gasteiger partial charge in [0.2, 0.25) is 0 Å². The number of rotatable bonds is 2. The Labute approximate surface area is 119 Å². The number of benzene rings is 2. The van der Waals surface area contributed by atoms with E-state index < -0.39 is 0 Å². The molecule has 0 spiro atoms. The minimum atomic E-state index is -0.130. The second-order valence-corrected chi connectivity index (χ2v) is 5.65. The maximum absolute atomic E-state index is 13.5. The maximum Gasteiger partial charge on any atom is 0.123 e. The van der Waals surface area contributed by atoms with Gasteiger partial charge in [0.25, 0.3) is 0 Å². The molecule has 3 rings (SSSR count). The van der Waals surface area contributed by atoms with Crippen molar-refractivity contribution in [2.75, 3.05) is 5.75 Å². The van der Waals surface area contributed by atoms with Crippen LogP contribution in [0.25, 0.3) is 0 Å². The summed E-state index contributed by atoms with van der Waals surface area (Å²) in [6.45, 7) is 0. The van der Waals surface area contributed by atoms with Gasteiger partial charge in [-0.05, 0) is 65.3 Å². The predicted octanol–water partition coefficient (Wildman–Crippen LogP) is 4.38. The van der Waals surface area contributed by atoms with Crippen LogP contribution in [0.2, 0.25) is 0 Å². The Balaban J connectivity index is 2.09. The van der Waals surface area contributed by atoms with E-state index >= 15 is 0 Å². The lowest BCUT2D eigenvalue weighted by atomic mass is 9.89. The van der Waals surface area contributed by atoms with Crippen LogP contribution in [0.1, 0.15) is 34.6 Å². The third kappa shape index (κ3) is 2.55. The number of halogens is 1. The van der Waals surface area contributed by atoms with Crippen LogP contribution in [0.3, 0.4) is 0 Å². The monoisotopic (exact) mass is 272 g/mol. The standard InChI is InChI=1S/C17H17FS/c18-16-6-5-12-9-13-3-1-2-4-17(13)14(7-8-19)10-15(12)11-16/h1-6,11,14,19H,7-10H2. The average Bonchev–Trinajstić information content (AvgIpc) is 2.56. The average molecular weight is 272 g/mol. The molecule has 2 aromatic carbocycles. The molecule has 0 amide bonds. The molecule has 1 unspecified atom stereocenters. The third-order valence-corrected chi connectivity index (χ3v) is 4.25. The third-order valence-electron chi connectivity index (χ3n) is 3.99. The molecule has 0 heterocycles. The van der Waals surface area contributed by atoms with Gasteiger partial charge in [0.1, 0.15) is 5.82 Å². The van der Waals surface area contributed by atoms with E-state index in [-0.39, 0.29) is 5.82 Å². The molecule has 0 N–H and O–H groups in total. The first kappa shape index (κ1) is 12.7. The molecule has 0 aromatic heterocycles. The smallest absolute Gasteiger partial charge is 0.123 e. The van der Waals surface area contributed by atoms with Crippen molar-refractivity contribution in [1.29, 1.82) is 0 Å². The van der Waals surface area contributed by atoms with E-state index in [2.05, 4.69) is 36.9 Å². The molecule has 19 heavy (non-hydrogen) atoms. The summed E-state index contributed by atoms with van der Waals surface area (Å²) >= 11 is 4.37. The fraction of sp³-hybridized carbons (Fsp3) is 0.294. The van der Waals surface area contributed by atoms with E-state index in [4.69, 9.17) is 0 Å². The molecule has 0 saturated carbocycles. The highest BCUT2D eigenvalue weighted by atomic mass is 32.1. The molecule has 1 aliphatic rings. The van der Waals surface area contributed by atoms with Crippen molar-refractivity contribution in [1.82, 2.24) is 0 Å². The van der Waals surface area contributed by atoms with E-state index in [0.29, 0.717) is 5.92 Å². The molecule has 0 aliphatic heterocycles. The van der Waals surface area contributed by atoms with Crippen LogP contribution < -0.4 is 0 Å². The molecule has 1 aliphatic carbocycles. The summed E-state index contributed by atoms with van der Waals surface area (Å²) in [5.41, 5.74) is 5.20. The Morgan fingerprint density at radius 3 is 2.74 bits per heavy atom. The lowest BCUT2D eigenvalue weighted by Crippen LogP contribution is -2.04. The van der Waals surface area contributed by atoms with E-state index in [1.165, 1.54) is 16.7 Å². The van der Waals surface area contributed by atoms with E-state index in [0.717, 1.165) is 30.6 Å². The van der Waals surface area contributed by atoms with E-state index in [1.807, 2.05) is 6.07 Å². The Kier molecular flexibility index (Phi) is 3.61. The molecule has 2 heteroatoms. The number of fused-ring (bicyclic) bond motifs is 2. The van der Waals surface area contributed by atoms with Gasteiger partial charge in [0.15, 0.2) is 0 Å². The van der Waals surface area contributed by atoms with Crippen molar-refractivity contribution in [3.05, 3.63) is 70.5 Å². The zero-order valence-electron chi connectivity index (χ0n) is 10.8. The predicted molar refractivity (Wildman–Crippen MR) is 80.6 cm³/mol. The van der Waals surface area contributed by atoms with Gasteiger partial charge in [-0.1, -0.05) is 30.3 Å². The van der Waals surface area contributed by atoms with Crippen LogP contribution in [0, 0.1) is 5.82 Å². The quantitative estimate of drug-likeness (QED) is 0.771. The van der Waals surface area contributed by atoms with Crippen LogP contribution in [0.15, 0.2) is 42.5 Å². The Hall–Kier alpha value is -1.28. The summed E-state index contributed by atoms with van der Waals surface area (Å²) in [6, 6.07) is 13.8. The SMILES string of the molecule is Fc1ccc2c(c1)CC(CCS)c1ccccc1C2. The normalized spacial score (nSPS) is 17.5. The van der Waals surface area contributed by atoms with Gasteiger partial charge >= 0.3 is 0 Å². The number of hydrogen-bond acceptors (Lipinski definition) is 1. The fourth-order valence-corrected chi connectivity index (χ4v) is 3.36.